The Hall–Kier alpha value is -1.35. The zero-order valence-corrected chi connectivity index (χ0v) is 11.8. The van der Waals surface area contributed by atoms with Crippen LogP contribution in [0.1, 0.15) is 48.6 Å². The van der Waals surface area contributed by atoms with Crippen LogP contribution in [-0.2, 0) is 0 Å². The minimum atomic E-state index is 0.481. The molecule has 1 fully saturated rings. The number of rotatable bonds is 2. The topological polar surface area (TPSA) is 52.0 Å². The summed E-state index contributed by atoms with van der Waals surface area (Å²) < 4.78 is 6.02. The number of aromatic nitrogens is 1. The zero-order chi connectivity index (χ0) is 13.4. The van der Waals surface area contributed by atoms with Crippen molar-refractivity contribution in [3.8, 4) is 0 Å². The Morgan fingerprint density at radius 3 is 2.63 bits per heavy atom. The minimum Gasteiger partial charge on any atom is -0.440 e. The van der Waals surface area contributed by atoms with Gasteiger partial charge in [-0.25, -0.2) is 4.98 Å². The lowest BCUT2D eigenvalue weighted by Gasteiger charge is -2.25. The molecule has 0 aliphatic heterocycles. The van der Waals surface area contributed by atoms with Crippen molar-refractivity contribution in [1.82, 2.24) is 4.98 Å². The van der Waals surface area contributed by atoms with E-state index >= 15 is 0 Å². The van der Waals surface area contributed by atoms with Gasteiger partial charge in [-0.3, -0.25) is 0 Å². The smallest absolute Gasteiger partial charge is 0.198 e. The highest BCUT2D eigenvalue weighted by Crippen LogP contribution is 2.36. The molecule has 0 amide bonds. The van der Waals surface area contributed by atoms with Gasteiger partial charge in [-0.1, -0.05) is 6.07 Å². The third-order valence-electron chi connectivity index (χ3n) is 4.37. The normalized spacial score (nSPS) is 23.9. The number of hydrogen-bond acceptors (Lipinski definition) is 3. The maximum Gasteiger partial charge on any atom is 0.198 e. The fourth-order valence-corrected chi connectivity index (χ4v) is 3.21. The van der Waals surface area contributed by atoms with Crippen LogP contribution in [0.2, 0.25) is 0 Å². The molecule has 3 rings (SSSR count). The molecule has 0 spiro atoms. The maximum atomic E-state index is 6.02. The second-order valence-corrected chi connectivity index (χ2v) is 5.94. The number of aryl methyl sites for hydroxylation is 2. The summed E-state index contributed by atoms with van der Waals surface area (Å²) in [4.78, 5) is 4.71. The molecule has 0 atom stereocenters. The summed E-state index contributed by atoms with van der Waals surface area (Å²) in [6.07, 6.45) is 4.73. The molecule has 2 N–H and O–H groups in total. The second kappa shape index (κ2) is 4.97. The van der Waals surface area contributed by atoms with Gasteiger partial charge in [0, 0.05) is 5.92 Å². The van der Waals surface area contributed by atoms with E-state index in [1.54, 1.807) is 0 Å². The number of nitrogens with zero attached hydrogens (tertiary/aromatic N) is 1. The van der Waals surface area contributed by atoms with Crippen molar-refractivity contribution >= 4 is 11.1 Å². The van der Waals surface area contributed by atoms with Crippen LogP contribution >= 0.6 is 0 Å². The molecule has 102 valence electrons. The fraction of sp³-hybridized carbons (Fsp3) is 0.562. The van der Waals surface area contributed by atoms with Crippen LogP contribution in [-0.4, -0.2) is 11.5 Å². The third kappa shape index (κ3) is 2.39. The number of nitrogens with two attached hydrogens (primary N) is 1. The van der Waals surface area contributed by atoms with Gasteiger partial charge in [-0.05, 0) is 69.2 Å². The average Bonchev–Trinajstić information content (AvgIpc) is 2.83. The van der Waals surface area contributed by atoms with E-state index in [9.17, 15) is 0 Å². The predicted octanol–water partition coefficient (Wildman–Crippen LogP) is 3.68. The van der Waals surface area contributed by atoms with Gasteiger partial charge in [0.15, 0.2) is 11.5 Å². The summed E-state index contributed by atoms with van der Waals surface area (Å²) in [5, 5.41) is 0. The summed E-state index contributed by atoms with van der Waals surface area (Å²) in [5.74, 6) is 2.11. The van der Waals surface area contributed by atoms with E-state index in [0.717, 1.165) is 36.4 Å². The summed E-state index contributed by atoms with van der Waals surface area (Å²) in [6.45, 7) is 5.02. The Bertz CT molecular complexity index is 580. The van der Waals surface area contributed by atoms with Gasteiger partial charge >= 0.3 is 0 Å². The van der Waals surface area contributed by atoms with Crippen molar-refractivity contribution in [3.05, 3.63) is 29.2 Å². The molecule has 1 saturated carbocycles. The van der Waals surface area contributed by atoms with Crippen molar-refractivity contribution in [2.75, 3.05) is 6.54 Å². The lowest BCUT2D eigenvalue weighted by atomic mass is 9.82. The lowest BCUT2D eigenvalue weighted by molar-refractivity contribution is 0.301. The van der Waals surface area contributed by atoms with Gasteiger partial charge in [0.05, 0.1) is 0 Å². The van der Waals surface area contributed by atoms with E-state index < -0.39 is 0 Å². The molecule has 0 bridgehead atoms. The molecule has 1 aliphatic carbocycles. The van der Waals surface area contributed by atoms with Crippen LogP contribution in [0.25, 0.3) is 11.1 Å². The van der Waals surface area contributed by atoms with Gasteiger partial charge in [-0.15, -0.1) is 0 Å². The van der Waals surface area contributed by atoms with E-state index in [1.165, 1.54) is 24.0 Å². The van der Waals surface area contributed by atoms with Crippen molar-refractivity contribution in [2.24, 2.45) is 11.7 Å². The Morgan fingerprint density at radius 2 is 1.95 bits per heavy atom. The highest BCUT2D eigenvalue weighted by Gasteiger charge is 2.25. The van der Waals surface area contributed by atoms with E-state index in [-0.39, 0.29) is 0 Å². The van der Waals surface area contributed by atoms with Crippen molar-refractivity contribution < 1.29 is 4.42 Å². The van der Waals surface area contributed by atoms with Crippen LogP contribution in [0.15, 0.2) is 16.5 Å². The lowest BCUT2D eigenvalue weighted by Crippen LogP contribution is -2.20. The summed E-state index contributed by atoms with van der Waals surface area (Å²) in [6, 6.07) is 4.27. The van der Waals surface area contributed by atoms with Gasteiger partial charge in [0.2, 0.25) is 0 Å². The Morgan fingerprint density at radius 1 is 1.21 bits per heavy atom. The van der Waals surface area contributed by atoms with Crippen LogP contribution < -0.4 is 5.73 Å². The zero-order valence-electron chi connectivity index (χ0n) is 11.8. The third-order valence-corrected chi connectivity index (χ3v) is 4.37. The molecule has 2 aromatic rings. The fourth-order valence-electron chi connectivity index (χ4n) is 3.21. The highest BCUT2D eigenvalue weighted by molar-refractivity contribution is 5.77. The number of benzene rings is 1. The Balaban J connectivity index is 1.88. The molecule has 3 nitrogen and oxygen atoms in total. The summed E-state index contributed by atoms with van der Waals surface area (Å²) in [7, 11) is 0. The molecular formula is C16H22N2O. The monoisotopic (exact) mass is 258 g/mol. The molecule has 0 saturated heterocycles. The van der Waals surface area contributed by atoms with Crippen molar-refractivity contribution in [3.63, 3.8) is 0 Å². The molecule has 3 heteroatoms. The standard InChI is InChI=1S/C16H22N2O/c1-10-7-11(2)15-14(8-10)18-16(19-15)13-5-3-12(9-17)4-6-13/h7-8,12-13H,3-6,9,17H2,1-2H3. The number of oxazole rings is 1. The summed E-state index contributed by atoms with van der Waals surface area (Å²) in [5.41, 5.74) is 10.1. The van der Waals surface area contributed by atoms with E-state index in [2.05, 4.69) is 26.0 Å². The first-order chi connectivity index (χ1) is 9.17. The Labute approximate surface area is 114 Å². The first-order valence-electron chi connectivity index (χ1n) is 7.25. The van der Waals surface area contributed by atoms with E-state index in [4.69, 9.17) is 15.1 Å². The largest absolute Gasteiger partial charge is 0.440 e. The number of fused-ring (bicyclic) bond motifs is 1. The molecule has 0 unspecified atom stereocenters. The van der Waals surface area contributed by atoms with E-state index in [0.29, 0.717) is 11.8 Å². The quantitative estimate of drug-likeness (QED) is 0.894. The van der Waals surface area contributed by atoms with Gasteiger partial charge < -0.3 is 10.2 Å². The maximum absolute atomic E-state index is 6.02. The molecule has 1 aromatic carbocycles. The van der Waals surface area contributed by atoms with E-state index in [1.807, 2.05) is 0 Å². The Kier molecular flexibility index (Phi) is 3.31. The first kappa shape index (κ1) is 12.7. The molecular weight excluding hydrogens is 236 g/mol. The second-order valence-electron chi connectivity index (χ2n) is 5.94. The van der Waals surface area contributed by atoms with Gasteiger partial charge in [0.1, 0.15) is 5.52 Å². The molecule has 1 aliphatic rings. The first-order valence-corrected chi connectivity index (χ1v) is 7.25. The van der Waals surface area contributed by atoms with Crippen molar-refractivity contribution in [1.29, 1.82) is 0 Å². The predicted molar refractivity (Wildman–Crippen MR) is 77.2 cm³/mol. The molecule has 1 heterocycles. The van der Waals surface area contributed by atoms with Gasteiger partial charge in [-0.2, -0.15) is 0 Å². The summed E-state index contributed by atoms with van der Waals surface area (Å²) >= 11 is 0. The highest BCUT2D eigenvalue weighted by atomic mass is 16.3. The molecule has 0 radical (unpaired) electrons. The number of hydrogen-bond donors (Lipinski definition) is 1. The molecule has 1 aromatic heterocycles. The minimum absolute atomic E-state index is 0.481. The molecule has 19 heavy (non-hydrogen) atoms. The van der Waals surface area contributed by atoms with Crippen molar-refractivity contribution in [2.45, 2.75) is 45.4 Å². The van der Waals surface area contributed by atoms with Crippen LogP contribution in [0.3, 0.4) is 0 Å². The average molecular weight is 258 g/mol. The van der Waals surface area contributed by atoms with Gasteiger partial charge in [0.25, 0.3) is 0 Å². The van der Waals surface area contributed by atoms with Crippen LogP contribution in [0, 0.1) is 19.8 Å². The van der Waals surface area contributed by atoms with Crippen LogP contribution in [0.5, 0.6) is 0 Å². The SMILES string of the molecule is Cc1cc(C)c2oc(C3CCC(CN)CC3)nc2c1. The van der Waals surface area contributed by atoms with Crippen LogP contribution in [0.4, 0.5) is 0 Å².